The van der Waals surface area contributed by atoms with Gasteiger partial charge in [-0.05, 0) is 12.5 Å². The fourth-order valence-corrected chi connectivity index (χ4v) is 1.18. The molecule has 0 fully saturated rings. The number of nitrogens with zero attached hydrogens (tertiary/aromatic N) is 3. The molecule has 14 heavy (non-hydrogen) atoms. The summed E-state index contributed by atoms with van der Waals surface area (Å²) in [5.74, 6) is 0.765. The van der Waals surface area contributed by atoms with Crippen LogP contribution in [-0.4, -0.2) is 23.6 Å². The van der Waals surface area contributed by atoms with Gasteiger partial charge in [0, 0.05) is 26.3 Å². The fraction of sp³-hybridized carbons (Fsp3) is 0.600. The van der Waals surface area contributed by atoms with Crippen molar-refractivity contribution in [3.63, 3.8) is 0 Å². The topological polar surface area (TPSA) is 55.0 Å². The summed E-state index contributed by atoms with van der Waals surface area (Å²) >= 11 is 0. The summed E-state index contributed by atoms with van der Waals surface area (Å²) < 4.78 is 0. The van der Waals surface area contributed by atoms with Crippen LogP contribution in [0.4, 0.5) is 5.95 Å². The molecule has 1 aromatic heterocycles. The van der Waals surface area contributed by atoms with Crippen LogP contribution in [0.5, 0.6) is 0 Å². The Morgan fingerprint density at radius 3 is 2.93 bits per heavy atom. The maximum atomic E-state index is 5.51. The number of anilines is 1. The Bertz CT molecular complexity index is 275. The zero-order valence-electron chi connectivity index (χ0n) is 8.90. The van der Waals surface area contributed by atoms with Crippen LogP contribution < -0.4 is 10.6 Å². The van der Waals surface area contributed by atoms with Crippen molar-refractivity contribution >= 4 is 5.95 Å². The third-order valence-corrected chi connectivity index (χ3v) is 2.10. The molecular formula is C10H18N4. The summed E-state index contributed by atoms with van der Waals surface area (Å²) in [5, 5.41) is 0. The van der Waals surface area contributed by atoms with Crippen molar-refractivity contribution in [1.82, 2.24) is 9.97 Å². The Morgan fingerprint density at radius 2 is 2.29 bits per heavy atom. The third-order valence-electron chi connectivity index (χ3n) is 2.10. The predicted octanol–water partition coefficient (Wildman–Crippen LogP) is 1.17. The summed E-state index contributed by atoms with van der Waals surface area (Å²) in [6.45, 7) is 3.63. The van der Waals surface area contributed by atoms with Crippen molar-refractivity contribution in [1.29, 1.82) is 0 Å². The van der Waals surface area contributed by atoms with Crippen LogP contribution in [0.3, 0.4) is 0 Å². The number of hydrogen-bond donors (Lipinski definition) is 1. The molecule has 4 nitrogen and oxygen atoms in total. The van der Waals surface area contributed by atoms with Crippen LogP contribution in [0.2, 0.25) is 0 Å². The highest BCUT2D eigenvalue weighted by atomic mass is 15.2. The molecule has 0 unspecified atom stereocenters. The Kier molecular flexibility index (Phi) is 4.32. The zero-order chi connectivity index (χ0) is 10.4. The number of unbranched alkanes of at least 4 members (excludes halogenated alkanes) is 1. The van der Waals surface area contributed by atoms with E-state index in [2.05, 4.69) is 21.8 Å². The molecule has 2 N–H and O–H groups in total. The van der Waals surface area contributed by atoms with E-state index in [-0.39, 0.29) is 0 Å². The van der Waals surface area contributed by atoms with E-state index in [0.717, 1.165) is 24.6 Å². The van der Waals surface area contributed by atoms with Gasteiger partial charge >= 0.3 is 0 Å². The van der Waals surface area contributed by atoms with Crippen LogP contribution in [0.1, 0.15) is 25.5 Å². The number of hydrogen-bond acceptors (Lipinski definition) is 4. The SMILES string of the molecule is CCCCN(C)c1nccc(CN)n1. The first-order chi connectivity index (χ1) is 6.77. The molecule has 0 saturated heterocycles. The van der Waals surface area contributed by atoms with Gasteiger partial charge in [-0.1, -0.05) is 13.3 Å². The molecule has 0 aliphatic rings. The third kappa shape index (κ3) is 2.96. The molecule has 4 heteroatoms. The average molecular weight is 194 g/mol. The highest BCUT2D eigenvalue weighted by Gasteiger charge is 2.03. The molecule has 0 bridgehead atoms. The Labute approximate surface area is 85.2 Å². The van der Waals surface area contributed by atoms with Gasteiger partial charge in [0.2, 0.25) is 5.95 Å². The lowest BCUT2D eigenvalue weighted by Gasteiger charge is -2.16. The Morgan fingerprint density at radius 1 is 1.50 bits per heavy atom. The lowest BCUT2D eigenvalue weighted by atomic mass is 10.3. The van der Waals surface area contributed by atoms with Gasteiger partial charge in [-0.15, -0.1) is 0 Å². The molecule has 1 rings (SSSR count). The first-order valence-electron chi connectivity index (χ1n) is 5.01. The van der Waals surface area contributed by atoms with Gasteiger partial charge in [-0.25, -0.2) is 9.97 Å². The lowest BCUT2D eigenvalue weighted by Crippen LogP contribution is -2.21. The van der Waals surface area contributed by atoms with Gasteiger partial charge in [-0.3, -0.25) is 0 Å². The maximum Gasteiger partial charge on any atom is 0.225 e. The molecule has 0 radical (unpaired) electrons. The normalized spacial score (nSPS) is 10.2. The summed E-state index contributed by atoms with van der Waals surface area (Å²) in [7, 11) is 2.01. The van der Waals surface area contributed by atoms with Gasteiger partial charge in [0.05, 0.1) is 5.69 Å². The molecule has 1 heterocycles. The van der Waals surface area contributed by atoms with Crippen LogP contribution in [0.25, 0.3) is 0 Å². The van der Waals surface area contributed by atoms with Crippen molar-refractivity contribution in [3.05, 3.63) is 18.0 Å². The predicted molar refractivity (Wildman–Crippen MR) is 58.1 cm³/mol. The second-order valence-corrected chi connectivity index (χ2v) is 3.33. The smallest absolute Gasteiger partial charge is 0.225 e. The Balaban J connectivity index is 2.64. The van der Waals surface area contributed by atoms with Gasteiger partial charge in [0.15, 0.2) is 0 Å². The molecule has 0 amide bonds. The fourth-order valence-electron chi connectivity index (χ4n) is 1.18. The van der Waals surface area contributed by atoms with Gasteiger partial charge in [-0.2, -0.15) is 0 Å². The standard InChI is InChI=1S/C10H18N4/c1-3-4-7-14(2)10-12-6-5-9(8-11)13-10/h5-6H,3-4,7-8,11H2,1-2H3. The minimum atomic E-state index is 0.469. The van der Waals surface area contributed by atoms with Crippen LogP contribution >= 0.6 is 0 Å². The van der Waals surface area contributed by atoms with Crippen molar-refractivity contribution in [3.8, 4) is 0 Å². The zero-order valence-corrected chi connectivity index (χ0v) is 8.90. The highest BCUT2D eigenvalue weighted by Crippen LogP contribution is 2.06. The molecule has 0 spiro atoms. The van der Waals surface area contributed by atoms with Crippen LogP contribution in [0, 0.1) is 0 Å². The quantitative estimate of drug-likeness (QED) is 0.764. The first kappa shape index (κ1) is 10.9. The van der Waals surface area contributed by atoms with E-state index in [1.165, 1.54) is 6.42 Å². The van der Waals surface area contributed by atoms with Crippen molar-refractivity contribution < 1.29 is 0 Å². The van der Waals surface area contributed by atoms with E-state index < -0.39 is 0 Å². The molecule has 0 aliphatic heterocycles. The molecule has 78 valence electrons. The van der Waals surface area contributed by atoms with E-state index in [1.54, 1.807) is 6.20 Å². The van der Waals surface area contributed by atoms with E-state index in [9.17, 15) is 0 Å². The van der Waals surface area contributed by atoms with Crippen molar-refractivity contribution in [2.24, 2.45) is 5.73 Å². The molecule has 0 saturated carbocycles. The summed E-state index contributed by atoms with van der Waals surface area (Å²) in [4.78, 5) is 10.6. The Hall–Kier alpha value is -1.16. The second kappa shape index (κ2) is 5.54. The van der Waals surface area contributed by atoms with Crippen molar-refractivity contribution in [2.45, 2.75) is 26.3 Å². The molecule has 1 aromatic rings. The van der Waals surface area contributed by atoms with Crippen molar-refractivity contribution in [2.75, 3.05) is 18.5 Å². The molecular weight excluding hydrogens is 176 g/mol. The number of aromatic nitrogens is 2. The number of rotatable bonds is 5. The average Bonchev–Trinajstić information content (AvgIpc) is 2.26. The summed E-state index contributed by atoms with van der Waals surface area (Å²) in [6, 6.07) is 1.84. The highest BCUT2D eigenvalue weighted by molar-refractivity contribution is 5.28. The first-order valence-corrected chi connectivity index (χ1v) is 5.01. The van der Waals surface area contributed by atoms with Crippen LogP contribution in [0.15, 0.2) is 12.3 Å². The lowest BCUT2D eigenvalue weighted by molar-refractivity contribution is 0.746. The summed E-state index contributed by atoms with van der Waals surface area (Å²) in [6.07, 6.45) is 4.10. The monoisotopic (exact) mass is 194 g/mol. The minimum absolute atomic E-state index is 0.469. The maximum absolute atomic E-state index is 5.51. The van der Waals surface area contributed by atoms with Gasteiger partial charge < -0.3 is 10.6 Å². The van der Waals surface area contributed by atoms with Gasteiger partial charge in [0.1, 0.15) is 0 Å². The summed E-state index contributed by atoms with van der Waals surface area (Å²) in [5.41, 5.74) is 6.40. The van der Waals surface area contributed by atoms with E-state index in [1.807, 2.05) is 13.1 Å². The number of nitrogens with two attached hydrogens (primary N) is 1. The minimum Gasteiger partial charge on any atom is -0.344 e. The van der Waals surface area contributed by atoms with Crippen LogP contribution in [-0.2, 0) is 6.54 Å². The van der Waals surface area contributed by atoms with Gasteiger partial charge in [0.25, 0.3) is 0 Å². The molecule has 0 aliphatic carbocycles. The molecule has 0 aromatic carbocycles. The molecule has 0 atom stereocenters. The van der Waals surface area contributed by atoms with E-state index in [4.69, 9.17) is 5.73 Å². The second-order valence-electron chi connectivity index (χ2n) is 3.33. The largest absolute Gasteiger partial charge is 0.344 e. The van der Waals surface area contributed by atoms with E-state index >= 15 is 0 Å². The van der Waals surface area contributed by atoms with E-state index in [0.29, 0.717) is 6.54 Å².